The molecular formula is CH2Cl3Pd. The van der Waals surface area contributed by atoms with Gasteiger partial charge in [-0.05, 0) is 0 Å². The molecule has 0 unspecified atom stereocenters. The van der Waals surface area contributed by atoms with E-state index in [0.29, 0.717) is 0 Å². The molecule has 0 atom stereocenters. The quantitative estimate of drug-likeness (QED) is 0.439. The van der Waals surface area contributed by atoms with E-state index in [1.54, 1.807) is 0 Å². The van der Waals surface area contributed by atoms with Crippen molar-refractivity contribution in [1.82, 2.24) is 0 Å². The fourth-order valence-electron chi connectivity index (χ4n) is 0. The van der Waals surface area contributed by atoms with Gasteiger partial charge in [-0.15, -0.1) is 23.2 Å². The van der Waals surface area contributed by atoms with E-state index in [-0.39, 0.29) is 5.34 Å². The van der Waals surface area contributed by atoms with Crippen LogP contribution in [0.2, 0.25) is 0 Å². The Kier molecular flexibility index (Phi) is 34.5. The van der Waals surface area contributed by atoms with Crippen molar-refractivity contribution in [2.45, 2.75) is 0 Å². The SMILES string of the molecule is ClCCl.[Cl][Pd]. The van der Waals surface area contributed by atoms with Crippen LogP contribution in [0.3, 0.4) is 0 Å². The minimum absolute atomic E-state index is 0.194. The first-order valence-corrected chi connectivity index (χ1v) is 3.72. The molecular weight excluding hydrogens is 225 g/mol. The van der Waals surface area contributed by atoms with Gasteiger partial charge in [0.15, 0.2) is 0 Å². The summed E-state index contributed by atoms with van der Waals surface area (Å²) in [5, 5.41) is 0.194. The molecule has 0 heterocycles. The van der Waals surface area contributed by atoms with Crippen molar-refractivity contribution in [1.29, 1.82) is 0 Å². The average molecular weight is 227 g/mol. The Bertz CT molecular complexity index is 6.85. The molecule has 0 amide bonds. The fourth-order valence-corrected chi connectivity index (χ4v) is 0. The first-order valence-electron chi connectivity index (χ1n) is 0.654. The molecule has 0 aliphatic carbocycles. The van der Waals surface area contributed by atoms with Crippen LogP contribution in [0.5, 0.6) is 0 Å². The second-order valence-corrected chi connectivity index (χ2v) is 0.909. The van der Waals surface area contributed by atoms with Crippen LogP contribution in [-0.2, 0) is 18.2 Å². The van der Waals surface area contributed by atoms with E-state index in [1.807, 2.05) is 0 Å². The van der Waals surface area contributed by atoms with Crippen molar-refractivity contribution >= 4 is 32.7 Å². The second kappa shape index (κ2) is 17.7. The van der Waals surface area contributed by atoms with Gasteiger partial charge in [0.1, 0.15) is 0 Å². The summed E-state index contributed by atoms with van der Waals surface area (Å²) >= 11 is 11.8. The molecule has 0 bridgehead atoms. The van der Waals surface area contributed by atoms with Crippen molar-refractivity contribution in [2.24, 2.45) is 0 Å². The van der Waals surface area contributed by atoms with Crippen LogP contribution in [0.15, 0.2) is 0 Å². The monoisotopic (exact) mass is 225 g/mol. The zero-order valence-corrected chi connectivity index (χ0v) is 5.98. The van der Waals surface area contributed by atoms with E-state index in [2.05, 4.69) is 27.7 Å². The third-order valence-electron chi connectivity index (χ3n) is 0. The summed E-state index contributed by atoms with van der Waals surface area (Å²) in [5.74, 6) is 0. The first kappa shape index (κ1) is 9.73. The zero-order valence-electron chi connectivity index (χ0n) is 2.16. The first-order chi connectivity index (χ1) is 2.41. The summed E-state index contributed by atoms with van der Waals surface area (Å²) in [6.45, 7) is 0. The van der Waals surface area contributed by atoms with Gasteiger partial charge in [0.2, 0.25) is 0 Å². The minimum atomic E-state index is 0.194. The molecule has 0 nitrogen and oxygen atoms in total. The predicted octanol–water partition coefficient (Wildman–Crippen LogP) is 2.11. The van der Waals surface area contributed by atoms with Crippen molar-refractivity contribution in [3.8, 4) is 0 Å². The van der Waals surface area contributed by atoms with Gasteiger partial charge in [0.05, 0.1) is 5.34 Å². The number of alkyl halides is 2. The zero-order chi connectivity index (χ0) is 4.71. The molecule has 0 rings (SSSR count). The molecule has 0 radical (unpaired) electrons. The van der Waals surface area contributed by atoms with Gasteiger partial charge in [-0.3, -0.25) is 0 Å². The summed E-state index contributed by atoms with van der Waals surface area (Å²) in [6, 6.07) is 0. The molecule has 0 saturated heterocycles. The Balaban J connectivity index is 0. The van der Waals surface area contributed by atoms with Crippen LogP contribution in [0, 0.1) is 0 Å². The van der Waals surface area contributed by atoms with E-state index in [9.17, 15) is 0 Å². The molecule has 37 valence electrons. The summed E-state index contributed by atoms with van der Waals surface area (Å²) < 4.78 is 0. The van der Waals surface area contributed by atoms with Gasteiger partial charge >= 0.3 is 27.7 Å². The molecule has 5 heavy (non-hydrogen) atoms. The maximum absolute atomic E-state index is 4.76. The van der Waals surface area contributed by atoms with Crippen molar-refractivity contribution in [2.75, 3.05) is 5.34 Å². The summed E-state index contributed by atoms with van der Waals surface area (Å²) in [7, 11) is 4.49. The van der Waals surface area contributed by atoms with Crippen LogP contribution in [0.1, 0.15) is 0 Å². The van der Waals surface area contributed by atoms with Crippen molar-refractivity contribution < 1.29 is 18.2 Å². The Morgan fingerprint density at radius 1 is 1.20 bits per heavy atom. The number of halogens is 3. The van der Waals surface area contributed by atoms with Crippen LogP contribution >= 0.6 is 32.7 Å². The standard InChI is InChI=1S/CH2Cl2.ClH.Pd/c2-1-3;;/h1H2;1H;/q;;+1/p-1. The number of hydrogen-bond donors (Lipinski definition) is 0. The Morgan fingerprint density at radius 3 is 1.20 bits per heavy atom. The fraction of sp³-hybridized carbons (Fsp3) is 1.00. The molecule has 0 aliphatic heterocycles. The summed E-state index contributed by atoms with van der Waals surface area (Å²) in [5.41, 5.74) is 0. The van der Waals surface area contributed by atoms with Crippen LogP contribution in [0.25, 0.3) is 0 Å². The Morgan fingerprint density at radius 2 is 1.20 bits per heavy atom. The van der Waals surface area contributed by atoms with E-state index in [1.165, 1.54) is 0 Å². The third kappa shape index (κ3) is 29.4. The molecule has 0 spiro atoms. The normalized spacial score (nSPS) is 5.00. The second-order valence-electron chi connectivity index (χ2n) is 0.101. The molecule has 0 saturated carbocycles. The summed E-state index contributed by atoms with van der Waals surface area (Å²) in [4.78, 5) is 0. The van der Waals surface area contributed by atoms with Gasteiger partial charge in [0.25, 0.3) is 0 Å². The van der Waals surface area contributed by atoms with Gasteiger partial charge in [-0.25, -0.2) is 0 Å². The molecule has 0 aliphatic rings. The van der Waals surface area contributed by atoms with Gasteiger partial charge in [-0.1, -0.05) is 0 Å². The molecule has 0 aromatic carbocycles. The van der Waals surface area contributed by atoms with Crippen molar-refractivity contribution in [3.63, 3.8) is 0 Å². The van der Waals surface area contributed by atoms with Gasteiger partial charge < -0.3 is 0 Å². The molecule has 0 N–H and O–H groups in total. The van der Waals surface area contributed by atoms with E-state index in [0.717, 1.165) is 0 Å². The molecule has 4 heteroatoms. The van der Waals surface area contributed by atoms with Crippen LogP contribution < -0.4 is 0 Å². The number of rotatable bonds is 0. The Hall–Kier alpha value is 1.53. The van der Waals surface area contributed by atoms with E-state index < -0.39 is 0 Å². The molecule has 0 fully saturated rings. The van der Waals surface area contributed by atoms with E-state index in [4.69, 9.17) is 23.2 Å². The number of hydrogen-bond acceptors (Lipinski definition) is 0. The van der Waals surface area contributed by atoms with E-state index >= 15 is 0 Å². The van der Waals surface area contributed by atoms with Crippen LogP contribution in [-0.4, -0.2) is 5.34 Å². The summed E-state index contributed by atoms with van der Waals surface area (Å²) in [6.07, 6.45) is 0. The van der Waals surface area contributed by atoms with Gasteiger partial charge in [-0.2, -0.15) is 0 Å². The van der Waals surface area contributed by atoms with Crippen LogP contribution in [0.4, 0.5) is 0 Å². The van der Waals surface area contributed by atoms with Gasteiger partial charge in [0, 0.05) is 0 Å². The maximum atomic E-state index is 4.76. The average Bonchev–Trinajstić information content (AvgIpc) is 1.46. The Labute approximate surface area is 56.2 Å². The topological polar surface area (TPSA) is 0 Å². The van der Waals surface area contributed by atoms with Crippen molar-refractivity contribution in [3.05, 3.63) is 0 Å². The third-order valence-corrected chi connectivity index (χ3v) is 0. The predicted molar refractivity (Wildman–Crippen MR) is 22.4 cm³/mol. The molecule has 0 aromatic heterocycles. The molecule has 0 aromatic rings.